The van der Waals surface area contributed by atoms with Gasteiger partial charge in [-0.25, -0.2) is 0 Å². The molecule has 0 bridgehead atoms. The molecule has 0 unspecified atom stereocenters. The van der Waals surface area contributed by atoms with E-state index in [1.807, 2.05) is 31.2 Å². The third-order valence-corrected chi connectivity index (χ3v) is 3.53. The van der Waals surface area contributed by atoms with Crippen molar-refractivity contribution in [2.75, 3.05) is 32.8 Å². The van der Waals surface area contributed by atoms with Crippen LogP contribution in [0.3, 0.4) is 0 Å². The summed E-state index contributed by atoms with van der Waals surface area (Å²) in [5, 5.41) is 19.6. The lowest BCUT2D eigenvalue weighted by atomic mass is 10.1. The quantitative estimate of drug-likeness (QED) is 0.793. The van der Waals surface area contributed by atoms with Gasteiger partial charge in [0.1, 0.15) is 24.2 Å². The minimum Gasteiger partial charge on any atom is -0.494 e. The minimum atomic E-state index is -0.554. The normalized spacial score (nSPS) is 21.0. The summed E-state index contributed by atoms with van der Waals surface area (Å²) < 4.78 is 10.9. The van der Waals surface area contributed by atoms with Crippen molar-refractivity contribution in [3.05, 3.63) is 24.3 Å². The molecule has 1 heterocycles. The van der Waals surface area contributed by atoms with Gasteiger partial charge in [0.25, 0.3) is 0 Å². The topological polar surface area (TPSA) is 62.2 Å². The Morgan fingerprint density at radius 1 is 1.24 bits per heavy atom. The van der Waals surface area contributed by atoms with Gasteiger partial charge in [-0.2, -0.15) is 0 Å². The molecule has 0 aliphatic carbocycles. The molecule has 1 aliphatic heterocycles. The highest BCUT2D eigenvalue weighted by atomic mass is 16.5. The highest BCUT2D eigenvalue weighted by molar-refractivity contribution is 5.31. The largest absolute Gasteiger partial charge is 0.494 e. The smallest absolute Gasteiger partial charge is 0.119 e. The van der Waals surface area contributed by atoms with Crippen molar-refractivity contribution in [2.24, 2.45) is 0 Å². The van der Waals surface area contributed by atoms with Crippen LogP contribution >= 0.6 is 0 Å². The average Bonchev–Trinajstić information content (AvgIpc) is 2.47. The molecule has 118 valence electrons. The number of nitrogens with zero attached hydrogens (tertiary/aromatic N) is 1. The lowest BCUT2D eigenvalue weighted by Gasteiger charge is -2.31. The van der Waals surface area contributed by atoms with Crippen molar-refractivity contribution in [1.82, 2.24) is 4.90 Å². The molecule has 2 atom stereocenters. The van der Waals surface area contributed by atoms with E-state index in [1.54, 1.807) is 0 Å². The first-order chi connectivity index (χ1) is 10.2. The molecule has 0 spiro atoms. The van der Waals surface area contributed by atoms with E-state index in [9.17, 15) is 10.2 Å². The third-order valence-electron chi connectivity index (χ3n) is 3.53. The Hall–Kier alpha value is -1.30. The van der Waals surface area contributed by atoms with Crippen molar-refractivity contribution in [3.63, 3.8) is 0 Å². The van der Waals surface area contributed by atoms with Crippen LogP contribution < -0.4 is 9.47 Å². The standard InChI is InChI=1S/C16H25NO4/c1-2-20-15-5-7-16(8-6-15)21-12-14(19)11-17-9-3-4-13(18)10-17/h5-8,13-14,18-19H,2-4,9-12H2,1H3/t13-,14+/m0/s1. The molecule has 2 N–H and O–H groups in total. The van der Waals surface area contributed by atoms with E-state index in [0.717, 1.165) is 30.9 Å². The molecule has 21 heavy (non-hydrogen) atoms. The molecule has 1 aromatic rings. The number of aliphatic hydroxyl groups excluding tert-OH is 2. The number of aliphatic hydroxyl groups is 2. The lowest BCUT2D eigenvalue weighted by Crippen LogP contribution is -2.43. The molecule has 2 rings (SSSR count). The van der Waals surface area contributed by atoms with Gasteiger partial charge in [0.05, 0.1) is 12.7 Å². The zero-order chi connectivity index (χ0) is 15.1. The molecule has 0 amide bonds. The first kappa shape index (κ1) is 16.1. The molecule has 1 saturated heterocycles. The van der Waals surface area contributed by atoms with Crippen molar-refractivity contribution in [2.45, 2.75) is 32.0 Å². The monoisotopic (exact) mass is 295 g/mol. The van der Waals surface area contributed by atoms with Gasteiger partial charge in [-0.3, -0.25) is 4.90 Å². The molecule has 0 saturated carbocycles. The molecule has 1 aliphatic rings. The summed E-state index contributed by atoms with van der Waals surface area (Å²) in [6, 6.07) is 7.38. The van der Waals surface area contributed by atoms with Gasteiger partial charge in [-0.05, 0) is 50.6 Å². The molecule has 1 fully saturated rings. The highest BCUT2D eigenvalue weighted by Gasteiger charge is 2.20. The molecular formula is C16H25NO4. The van der Waals surface area contributed by atoms with E-state index in [4.69, 9.17) is 9.47 Å². The summed E-state index contributed by atoms with van der Waals surface area (Å²) in [6.45, 7) is 4.94. The van der Waals surface area contributed by atoms with Gasteiger partial charge in [0.15, 0.2) is 0 Å². The summed E-state index contributed by atoms with van der Waals surface area (Å²) in [5.74, 6) is 1.53. The third kappa shape index (κ3) is 5.53. The van der Waals surface area contributed by atoms with Gasteiger partial charge in [-0.1, -0.05) is 0 Å². The van der Waals surface area contributed by atoms with Crippen LogP contribution in [0.25, 0.3) is 0 Å². The van der Waals surface area contributed by atoms with E-state index < -0.39 is 6.10 Å². The Kier molecular flexibility index (Phi) is 6.29. The number of rotatable bonds is 7. The fourth-order valence-corrected chi connectivity index (χ4v) is 2.54. The number of hydrogen-bond donors (Lipinski definition) is 2. The molecular weight excluding hydrogens is 270 g/mol. The first-order valence-electron chi connectivity index (χ1n) is 7.61. The van der Waals surface area contributed by atoms with Crippen molar-refractivity contribution in [3.8, 4) is 11.5 Å². The van der Waals surface area contributed by atoms with Crippen LogP contribution in [-0.4, -0.2) is 60.2 Å². The van der Waals surface area contributed by atoms with Gasteiger partial charge in [-0.15, -0.1) is 0 Å². The zero-order valence-electron chi connectivity index (χ0n) is 12.6. The first-order valence-corrected chi connectivity index (χ1v) is 7.61. The van der Waals surface area contributed by atoms with E-state index >= 15 is 0 Å². The number of likely N-dealkylation sites (tertiary alicyclic amines) is 1. The van der Waals surface area contributed by atoms with Crippen LogP contribution in [0.2, 0.25) is 0 Å². The van der Waals surface area contributed by atoms with Crippen LogP contribution in [0.5, 0.6) is 11.5 Å². The van der Waals surface area contributed by atoms with Crippen LogP contribution in [0, 0.1) is 0 Å². The predicted octanol–water partition coefficient (Wildman–Crippen LogP) is 1.28. The van der Waals surface area contributed by atoms with Crippen LogP contribution in [-0.2, 0) is 0 Å². The van der Waals surface area contributed by atoms with E-state index in [-0.39, 0.29) is 12.7 Å². The predicted molar refractivity (Wildman–Crippen MR) is 80.8 cm³/mol. The molecule has 0 aromatic heterocycles. The Morgan fingerprint density at radius 2 is 1.90 bits per heavy atom. The lowest BCUT2D eigenvalue weighted by molar-refractivity contribution is 0.0243. The van der Waals surface area contributed by atoms with Gasteiger partial charge in [0.2, 0.25) is 0 Å². The van der Waals surface area contributed by atoms with Crippen LogP contribution in [0.4, 0.5) is 0 Å². The van der Waals surface area contributed by atoms with E-state index in [1.165, 1.54) is 0 Å². The van der Waals surface area contributed by atoms with Crippen molar-refractivity contribution >= 4 is 0 Å². The summed E-state index contributed by atoms with van der Waals surface area (Å²) >= 11 is 0. The molecule has 0 radical (unpaired) electrons. The Labute approximate surface area is 126 Å². The van der Waals surface area contributed by atoms with E-state index in [2.05, 4.69) is 4.90 Å². The Balaban J connectivity index is 1.71. The molecule has 5 nitrogen and oxygen atoms in total. The second-order valence-electron chi connectivity index (χ2n) is 5.42. The van der Waals surface area contributed by atoms with Crippen LogP contribution in [0.1, 0.15) is 19.8 Å². The summed E-state index contributed by atoms with van der Waals surface area (Å²) in [4.78, 5) is 2.08. The average molecular weight is 295 g/mol. The van der Waals surface area contributed by atoms with Gasteiger partial charge >= 0.3 is 0 Å². The SMILES string of the molecule is CCOc1ccc(OC[C@H](O)CN2CCC[C@H](O)C2)cc1. The zero-order valence-corrected chi connectivity index (χ0v) is 12.6. The Morgan fingerprint density at radius 3 is 2.52 bits per heavy atom. The van der Waals surface area contributed by atoms with Crippen LogP contribution in [0.15, 0.2) is 24.3 Å². The fourth-order valence-electron chi connectivity index (χ4n) is 2.54. The van der Waals surface area contributed by atoms with E-state index in [0.29, 0.717) is 19.7 Å². The second-order valence-corrected chi connectivity index (χ2v) is 5.42. The molecule has 5 heteroatoms. The fraction of sp³-hybridized carbons (Fsp3) is 0.625. The maximum absolute atomic E-state index is 10.0. The number of β-amino-alcohol motifs (C(OH)–C–C–N with tert-alkyl or cyclic N) is 2. The summed E-state index contributed by atoms with van der Waals surface area (Å²) in [6.07, 6.45) is 1.02. The second kappa shape index (κ2) is 8.22. The summed E-state index contributed by atoms with van der Waals surface area (Å²) in [5.41, 5.74) is 0. The maximum atomic E-state index is 10.0. The number of benzene rings is 1. The molecule has 1 aromatic carbocycles. The minimum absolute atomic E-state index is 0.251. The maximum Gasteiger partial charge on any atom is 0.119 e. The highest BCUT2D eigenvalue weighted by Crippen LogP contribution is 2.18. The van der Waals surface area contributed by atoms with Crippen molar-refractivity contribution < 1.29 is 19.7 Å². The number of ether oxygens (including phenoxy) is 2. The van der Waals surface area contributed by atoms with Gasteiger partial charge in [0, 0.05) is 13.1 Å². The number of piperidine rings is 1. The Bertz CT molecular complexity index is 409. The van der Waals surface area contributed by atoms with Crippen molar-refractivity contribution in [1.29, 1.82) is 0 Å². The summed E-state index contributed by atoms with van der Waals surface area (Å²) in [7, 11) is 0. The van der Waals surface area contributed by atoms with Gasteiger partial charge < -0.3 is 19.7 Å². The number of hydrogen-bond acceptors (Lipinski definition) is 5.